The third-order valence-electron chi connectivity index (χ3n) is 5.82. The number of pyridine rings is 2. The Hall–Kier alpha value is -3.86. The highest BCUT2D eigenvalue weighted by Crippen LogP contribution is 2.47. The van der Waals surface area contributed by atoms with E-state index in [0.29, 0.717) is 24.5 Å². The van der Waals surface area contributed by atoms with E-state index in [9.17, 15) is 14.4 Å². The van der Waals surface area contributed by atoms with Crippen molar-refractivity contribution in [3.05, 3.63) is 75.8 Å². The molecule has 4 rings (SSSR count). The fourth-order valence-electron chi connectivity index (χ4n) is 3.87. The molecule has 2 heterocycles. The zero-order valence-corrected chi connectivity index (χ0v) is 21.8. The number of urea groups is 1. The lowest BCUT2D eigenvalue weighted by atomic mass is 9.99. The number of nitrogens with zero attached hydrogens (tertiary/aromatic N) is 2. The number of benzene rings is 1. The van der Waals surface area contributed by atoms with Crippen molar-refractivity contribution in [2.45, 2.75) is 38.1 Å². The molecule has 192 valence electrons. The topological polar surface area (TPSA) is 122 Å². The molecule has 2 atom stereocenters. The van der Waals surface area contributed by atoms with Gasteiger partial charge in [0, 0.05) is 47.9 Å². The van der Waals surface area contributed by atoms with Crippen LogP contribution in [0.25, 0.3) is 0 Å². The van der Waals surface area contributed by atoms with E-state index in [1.807, 2.05) is 6.92 Å². The second-order valence-electron chi connectivity index (χ2n) is 8.49. The lowest BCUT2D eigenvalue weighted by Crippen LogP contribution is -2.31. The minimum absolute atomic E-state index is 0.0853. The van der Waals surface area contributed by atoms with Crippen molar-refractivity contribution < 1.29 is 23.5 Å². The molecule has 1 aliphatic rings. The standard InChI is InChI=1S/C26H25BrFN5O4/c1-3-4-20(34)16-7-8-18(28)23(24(16)37-25(35)14-5-9-21(29-2)30-12-14)17-11-19(17)32-26(36)33-22-10-6-15(27)13-31-22/h5-10,12-13,17,19H,3-4,11H2,1-2H3,(H,29,30)(H2,31,32,33,36)/t17-,19+/m1/s1. The predicted octanol–water partition coefficient (Wildman–Crippen LogP) is 5.30. The molecule has 1 aliphatic carbocycles. The van der Waals surface area contributed by atoms with Gasteiger partial charge in [0.05, 0.1) is 11.1 Å². The Morgan fingerprint density at radius 1 is 1.08 bits per heavy atom. The van der Waals surface area contributed by atoms with Gasteiger partial charge in [-0.15, -0.1) is 0 Å². The molecular formula is C26H25BrFN5O4. The molecule has 0 spiro atoms. The fourth-order valence-corrected chi connectivity index (χ4v) is 4.11. The highest BCUT2D eigenvalue weighted by molar-refractivity contribution is 9.10. The van der Waals surface area contributed by atoms with Crippen LogP contribution in [0.2, 0.25) is 0 Å². The number of esters is 1. The van der Waals surface area contributed by atoms with Crippen LogP contribution in [0.5, 0.6) is 5.75 Å². The maximum atomic E-state index is 15.2. The van der Waals surface area contributed by atoms with E-state index in [1.54, 1.807) is 31.4 Å². The molecule has 2 amide bonds. The zero-order valence-electron chi connectivity index (χ0n) is 20.2. The number of halogens is 2. The Morgan fingerprint density at radius 3 is 2.49 bits per heavy atom. The molecule has 0 radical (unpaired) electrons. The van der Waals surface area contributed by atoms with Gasteiger partial charge in [-0.2, -0.15) is 0 Å². The number of hydrogen-bond acceptors (Lipinski definition) is 7. The number of carbonyl (C=O) groups is 3. The van der Waals surface area contributed by atoms with Gasteiger partial charge in [-0.25, -0.2) is 23.9 Å². The van der Waals surface area contributed by atoms with Crippen LogP contribution in [0, 0.1) is 5.82 Å². The molecule has 0 aliphatic heterocycles. The Bertz CT molecular complexity index is 1320. The van der Waals surface area contributed by atoms with Crippen molar-refractivity contribution in [1.29, 1.82) is 0 Å². The largest absolute Gasteiger partial charge is 0.422 e. The van der Waals surface area contributed by atoms with Gasteiger partial charge >= 0.3 is 12.0 Å². The van der Waals surface area contributed by atoms with E-state index in [-0.39, 0.29) is 34.6 Å². The smallest absolute Gasteiger partial charge is 0.345 e. The number of ether oxygens (including phenoxy) is 1. The first-order chi connectivity index (χ1) is 17.8. The summed E-state index contributed by atoms with van der Waals surface area (Å²) in [5.74, 6) is -1.34. The summed E-state index contributed by atoms with van der Waals surface area (Å²) in [6.45, 7) is 1.85. The van der Waals surface area contributed by atoms with Crippen LogP contribution >= 0.6 is 15.9 Å². The quantitative estimate of drug-likeness (QED) is 0.181. The van der Waals surface area contributed by atoms with Gasteiger partial charge in [-0.3, -0.25) is 10.1 Å². The molecule has 11 heteroatoms. The lowest BCUT2D eigenvalue weighted by molar-refractivity contribution is 0.0729. The molecule has 0 bridgehead atoms. The van der Waals surface area contributed by atoms with Crippen molar-refractivity contribution in [1.82, 2.24) is 15.3 Å². The molecule has 2 aromatic heterocycles. The number of amides is 2. The van der Waals surface area contributed by atoms with Crippen molar-refractivity contribution >= 4 is 45.3 Å². The number of ketones is 1. The number of nitrogens with one attached hydrogen (secondary N) is 3. The Morgan fingerprint density at radius 2 is 1.84 bits per heavy atom. The summed E-state index contributed by atoms with van der Waals surface area (Å²) in [5, 5.41) is 8.26. The number of aromatic nitrogens is 2. The molecular weight excluding hydrogens is 545 g/mol. The van der Waals surface area contributed by atoms with Crippen LogP contribution in [0.4, 0.5) is 20.8 Å². The normalized spacial score (nSPS) is 16.0. The number of carbonyl (C=O) groups excluding carboxylic acids is 3. The van der Waals surface area contributed by atoms with Crippen molar-refractivity contribution in [3.8, 4) is 5.75 Å². The van der Waals surface area contributed by atoms with Crippen LogP contribution < -0.4 is 20.7 Å². The summed E-state index contributed by atoms with van der Waals surface area (Å²) in [4.78, 5) is 46.4. The molecule has 3 aromatic rings. The third kappa shape index (κ3) is 6.29. The number of rotatable bonds is 9. The van der Waals surface area contributed by atoms with Crippen LogP contribution in [-0.4, -0.2) is 40.8 Å². The number of Topliss-reactive ketones (excluding diaryl/α,β-unsaturated/α-hetero) is 1. The van der Waals surface area contributed by atoms with Crippen molar-refractivity contribution in [2.24, 2.45) is 0 Å². The molecule has 37 heavy (non-hydrogen) atoms. The van der Waals surface area contributed by atoms with Gasteiger partial charge in [-0.1, -0.05) is 6.92 Å². The summed E-state index contributed by atoms with van der Waals surface area (Å²) >= 11 is 3.28. The monoisotopic (exact) mass is 569 g/mol. The minimum Gasteiger partial charge on any atom is -0.422 e. The van der Waals surface area contributed by atoms with Gasteiger partial charge in [0.2, 0.25) is 0 Å². The van der Waals surface area contributed by atoms with Gasteiger partial charge < -0.3 is 15.4 Å². The van der Waals surface area contributed by atoms with Crippen molar-refractivity contribution in [2.75, 3.05) is 17.7 Å². The van der Waals surface area contributed by atoms with E-state index in [2.05, 4.69) is 41.8 Å². The molecule has 0 unspecified atom stereocenters. The molecule has 9 nitrogen and oxygen atoms in total. The van der Waals surface area contributed by atoms with E-state index in [1.165, 1.54) is 24.4 Å². The minimum atomic E-state index is -0.767. The highest BCUT2D eigenvalue weighted by atomic mass is 79.9. The Labute approximate surface area is 221 Å². The summed E-state index contributed by atoms with van der Waals surface area (Å²) in [6, 6.07) is 8.09. The van der Waals surface area contributed by atoms with E-state index in [4.69, 9.17) is 4.74 Å². The maximum absolute atomic E-state index is 15.2. The van der Waals surface area contributed by atoms with E-state index >= 15 is 4.39 Å². The van der Waals surface area contributed by atoms with Gasteiger partial charge in [0.25, 0.3) is 0 Å². The fraction of sp³-hybridized carbons (Fsp3) is 0.269. The summed E-state index contributed by atoms with van der Waals surface area (Å²) in [7, 11) is 1.70. The van der Waals surface area contributed by atoms with Crippen LogP contribution in [0.1, 0.15) is 58.4 Å². The SMILES string of the molecule is CCCC(=O)c1ccc(F)c([C@@H]2C[C@@H]2NC(=O)Nc2ccc(Br)cn2)c1OC(=O)c1ccc(NC)nc1. The molecule has 0 saturated heterocycles. The summed E-state index contributed by atoms with van der Waals surface area (Å²) in [6.07, 6.45) is 4.08. The van der Waals surface area contributed by atoms with Crippen LogP contribution in [0.3, 0.4) is 0 Å². The van der Waals surface area contributed by atoms with E-state index < -0.39 is 29.8 Å². The van der Waals surface area contributed by atoms with Crippen LogP contribution in [-0.2, 0) is 0 Å². The molecule has 1 aromatic carbocycles. The molecule has 3 N–H and O–H groups in total. The summed E-state index contributed by atoms with van der Waals surface area (Å²) < 4.78 is 21.6. The van der Waals surface area contributed by atoms with Gasteiger partial charge in [0.1, 0.15) is 23.2 Å². The maximum Gasteiger partial charge on any atom is 0.345 e. The van der Waals surface area contributed by atoms with Crippen LogP contribution in [0.15, 0.2) is 53.3 Å². The first-order valence-corrected chi connectivity index (χ1v) is 12.5. The predicted molar refractivity (Wildman–Crippen MR) is 140 cm³/mol. The first-order valence-electron chi connectivity index (χ1n) is 11.7. The second kappa shape index (κ2) is 11.5. The average Bonchev–Trinajstić information content (AvgIpc) is 3.63. The summed E-state index contributed by atoms with van der Waals surface area (Å²) in [5.41, 5.74) is 0.359. The molecule has 1 saturated carbocycles. The van der Waals surface area contributed by atoms with Gasteiger partial charge in [0.15, 0.2) is 5.78 Å². The highest BCUT2D eigenvalue weighted by Gasteiger charge is 2.44. The zero-order chi connectivity index (χ0) is 26.5. The number of anilines is 2. The Kier molecular flexibility index (Phi) is 8.12. The Balaban J connectivity index is 1.57. The average molecular weight is 570 g/mol. The van der Waals surface area contributed by atoms with Gasteiger partial charge in [-0.05, 0) is 65.2 Å². The molecule has 1 fully saturated rings. The van der Waals surface area contributed by atoms with Crippen molar-refractivity contribution in [3.63, 3.8) is 0 Å². The first kappa shape index (κ1) is 26.2. The van der Waals surface area contributed by atoms with E-state index in [0.717, 1.165) is 4.47 Å². The third-order valence-corrected chi connectivity index (χ3v) is 6.29. The second-order valence-corrected chi connectivity index (χ2v) is 9.41. The lowest BCUT2D eigenvalue weighted by Gasteiger charge is -2.16. The number of hydrogen-bond donors (Lipinski definition) is 3.